The van der Waals surface area contributed by atoms with Gasteiger partial charge in [0.05, 0.1) is 11.4 Å². The third kappa shape index (κ3) is 4.16. The first kappa shape index (κ1) is 14.8. The van der Waals surface area contributed by atoms with E-state index in [1.165, 1.54) is 0 Å². The summed E-state index contributed by atoms with van der Waals surface area (Å²) in [7, 11) is 0. The van der Waals surface area contributed by atoms with Gasteiger partial charge in [0, 0.05) is 0 Å². The number of hydrogen-bond acceptors (Lipinski definition) is 6. The molecule has 0 aliphatic heterocycles. The second-order valence-electron chi connectivity index (χ2n) is 3.31. The van der Waals surface area contributed by atoms with Crippen molar-refractivity contribution in [3.63, 3.8) is 0 Å². The highest BCUT2D eigenvalue weighted by molar-refractivity contribution is 7.99. The molecule has 0 aromatic carbocycles. The molecule has 98 valence electrons. The Balaban J connectivity index is 2.79. The highest BCUT2D eigenvalue weighted by atomic mass is 32.2. The molecule has 7 heteroatoms. The number of thioether (sulfide) groups is 1. The largest absolute Gasteiger partial charge is 0.452 e. The number of aryl methyl sites for hydroxylation is 1. The average Bonchev–Trinajstić information content (AvgIpc) is 2.42. The van der Waals surface area contributed by atoms with Crippen molar-refractivity contribution in [2.24, 2.45) is 0 Å². The molecule has 0 fully saturated rings. The van der Waals surface area contributed by atoms with Crippen molar-refractivity contribution < 1.29 is 9.53 Å². The molecule has 19 heavy (non-hydrogen) atoms. The van der Waals surface area contributed by atoms with E-state index in [2.05, 4.69) is 20.6 Å². The van der Waals surface area contributed by atoms with Gasteiger partial charge in [-0.2, -0.15) is 5.26 Å². The van der Waals surface area contributed by atoms with E-state index >= 15 is 0 Å². The molecule has 0 aliphatic carbocycles. The summed E-state index contributed by atoms with van der Waals surface area (Å²) >= 11 is 1.02. The summed E-state index contributed by atoms with van der Waals surface area (Å²) in [6, 6.07) is 1.81. The lowest BCUT2D eigenvalue weighted by atomic mass is 10.2. The zero-order valence-electron chi connectivity index (χ0n) is 10.2. The molecule has 1 heterocycles. The van der Waals surface area contributed by atoms with Crippen LogP contribution < -0.4 is 5.56 Å². The SMILES string of the molecule is C#CCOC(=O)CSc1nc(CC)c(C#N)c(=O)[nH]1. The van der Waals surface area contributed by atoms with Crippen molar-refractivity contribution in [3.05, 3.63) is 21.6 Å². The molecule has 1 aromatic heterocycles. The topological polar surface area (TPSA) is 95.8 Å². The summed E-state index contributed by atoms with van der Waals surface area (Å²) in [5.74, 6) is 1.67. The second kappa shape index (κ2) is 7.24. The van der Waals surface area contributed by atoms with Crippen LogP contribution in [0, 0.1) is 23.7 Å². The van der Waals surface area contributed by atoms with E-state index in [1.807, 2.05) is 0 Å². The molecule has 1 aromatic rings. The molecule has 0 aliphatic rings. The number of nitrogens with one attached hydrogen (secondary N) is 1. The monoisotopic (exact) mass is 277 g/mol. The van der Waals surface area contributed by atoms with E-state index in [0.29, 0.717) is 12.1 Å². The van der Waals surface area contributed by atoms with Gasteiger partial charge >= 0.3 is 5.97 Å². The Morgan fingerprint density at radius 3 is 2.95 bits per heavy atom. The molecule has 0 unspecified atom stereocenters. The maximum absolute atomic E-state index is 11.6. The van der Waals surface area contributed by atoms with Crippen LogP contribution in [0.15, 0.2) is 9.95 Å². The van der Waals surface area contributed by atoms with Crippen molar-refractivity contribution in [2.75, 3.05) is 12.4 Å². The predicted molar refractivity (Wildman–Crippen MR) is 69.5 cm³/mol. The molecule has 0 radical (unpaired) electrons. The molecule has 0 atom stereocenters. The Morgan fingerprint density at radius 1 is 1.63 bits per heavy atom. The zero-order valence-corrected chi connectivity index (χ0v) is 11.0. The first-order chi connectivity index (χ1) is 9.12. The van der Waals surface area contributed by atoms with Gasteiger partial charge in [0.1, 0.15) is 11.6 Å². The summed E-state index contributed by atoms with van der Waals surface area (Å²) in [6.07, 6.45) is 5.41. The van der Waals surface area contributed by atoms with Crippen molar-refractivity contribution in [1.29, 1.82) is 5.26 Å². The van der Waals surface area contributed by atoms with Gasteiger partial charge in [0.25, 0.3) is 5.56 Å². The first-order valence-electron chi connectivity index (χ1n) is 5.37. The number of rotatable bonds is 5. The minimum atomic E-state index is -0.506. The molecule has 0 saturated carbocycles. The average molecular weight is 277 g/mol. The Labute approximate surface area is 114 Å². The molecule has 0 bridgehead atoms. The van der Waals surface area contributed by atoms with E-state index < -0.39 is 11.5 Å². The van der Waals surface area contributed by atoms with Gasteiger partial charge in [-0.15, -0.1) is 6.42 Å². The quantitative estimate of drug-likeness (QED) is 0.364. The fourth-order valence-electron chi connectivity index (χ4n) is 1.23. The number of esters is 1. The normalized spacial score (nSPS) is 9.42. The Kier molecular flexibility index (Phi) is 5.65. The predicted octanol–water partition coefficient (Wildman–Crippen LogP) is 0.472. The lowest BCUT2D eigenvalue weighted by Crippen LogP contribution is -2.17. The number of carbonyl (C=O) groups is 1. The summed E-state index contributed by atoms with van der Waals surface area (Å²) in [4.78, 5) is 29.4. The van der Waals surface area contributed by atoms with Crippen molar-refractivity contribution in [2.45, 2.75) is 18.5 Å². The number of aromatic nitrogens is 2. The molecular weight excluding hydrogens is 266 g/mol. The third-order valence-corrected chi connectivity index (χ3v) is 2.91. The summed E-state index contributed by atoms with van der Waals surface area (Å²) in [5, 5.41) is 9.10. The number of H-pyrrole nitrogens is 1. The van der Waals surface area contributed by atoms with Crippen LogP contribution in [0.4, 0.5) is 0 Å². The van der Waals surface area contributed by atoms with Crippen LogP contribution in [0.2, 0.25) is 0 Å². The van der Waals surface area contributed by atoms with Gasteiger partial charge in [-0.05, 0) is 6.42 Å². The molecule has 1 rings (SSSR count). The van der Waals surface area contributed by atoms with Crippen LogP contribution in [0.1, 0.15) is 18.2 Å². The van der Waals surface area contributed by atoms with Crippen molar-refractivity contribution in [1.82, 2.24) is 9.97 Å². The number of ether oxygens (including phenoxy) is 1. The smallest absolute Gasteiger partial charge is 0.317 e. The van der Waals surface area contributed by atoms with Crippen LogP contribution in [-0.4, -0.2) is 28.3 Å². The van der Waals surface area contributed by atoms with Crippen LogP contribution in [-0.2, 0) is 16.0 Å². The minimum absolute atomic E-state index is 0.00163. The number of hydrogen-bond donors (Lipinski definition) is 1. The number of nitriles is 1. The zero-order chi connectivity index (χ0) is 14.3. The van der Waals surface area contributed by atoms with Crippen LogP contribution in [0.25, 0.3) is 0 Å². The Morgan fingerprint density at radius 2 is 2.37 bits per heavy atom. The van der Waals surface area contributed by atoms with Gasteiger partial charge < -0.3 is 9.72 Å². The molecule has 6 nitrogen and oxygen atoms in total. The van der Waals surface area contributed by atoms with Gasteiger partial charge in [-0.25, -0.2) is 4.98 Å². The second-order valence-corrected chi connectivity index (χ2v) is 4.28. The van der Waals surface area contributed by atoms with E-state index in [1.54, 1.807) is 13.0 Å². The van der Waals surface area contributed by atoms with E-state index in [0.717, 1.165) is 11.8 Å². The van der Waals surface area contributed by atoms with Gasteiger partial charge in [-0.3, -0.25) is 9.59 Å². The van der Waals surface area contributed by atoms with Crippen LogP contribution >= 0.6 is 11.8 Å². The fourth-order valence-corrected chi connectivity index (χ4v) is 1.91. The highest BCUT2D eigenvalue weighted by Crippen LogP contribution is 2.13. The number of aromatic amines is 1. The Bertz CT molecular complexity index is 610. The maximum Gasteiger partial charge on any atom is 0.317 e. The highest BCUT2D eigenvalue weighted by Gasteiger charge is 2.11. The summed E-state index contributed by atoms with van der Waals surface area (Å²) in [6.45, 7) is 1.70. The standard InChI is InChI=1S/C12H11N3O3S/c1-3-5-18-10(16)7-19-12-14-9(4-2)8(6-13)11(17)15-12/h1H,4-5,7H2,2H3,(H,14,15,17). The molecule has 0 saturated heterocycles. The maximum atomic E-state index is 11.6. The summed E-state index contributed by atoms with van der Waals surface area (Å²) in [5.41, 5.74) is -0.0960. The number of nitrogens with zero attached hydrogens (tertiary/aromatic N) is 2. The van der Waals surface area contributed by atoms with E-state index in [9.17, 15) is 9.59 Å². The van der Waals surface area contributed by atoms with Gasteiger partial charge in [0.2, 0.25) is 0 Å². The number of terminal acetylenes is 1. The van der Waals surface area contributed by atoms with Gasteiger partial charge in [-0.1, -0.05) is 24.6 Å². The van der Waals surface area contributed by atoms with E-state index in [-0.39, 0.29) is 23.1 Å². The van der Waals surface area contributed by atoms with Crippen LogP contribution in [0.5, 0.6) is 0 Å². The van der Waals surface area contributed by atoms with Crippen molar-refractivity contribution in [3.8, 4) is 18.4 Å². The van der Waals surface area contributed by atoms with Crippen molar-refractivity contribution >= 4 is 17.7 Å². The lowest BCUT2D eigenvalue weighted by Gasteiger charge is -2.04. The van der Waals surface area contributed by atoms with Crippen LogP contribution in [0.3, 0.4) is 0 Å². The van der Waals surface area contributed by atoms with Gasteiger partial charge in [0.15, 0.2) is 11.8 Å². The van der Waals surface area contributed by atoms with E-state index in [4.69, 9.17) is 11.7 Å². The molecular formula is C12H11N3O3S. The molecule has 1 N–H and O–H groups in total. The number of carbonyl (C=O) groups excluding carboxylic acids is 1. The fraction of sp³-hybridized carbons (Fsp3) is 0.333. The lowest BCUT2D eigenvalue weighted by molar-refractivity contribution is -0.138. The summed E-state index contributed by atoms with van der Waals surface area (Å²) < 4.78 is 4.68. The molecule has 0 spiro atoms. The molecule has 0 amide bonds. The third-order valence-electron chi connectivity index (χ3n) is 2.06. The first-order valence-corrected chi connectivity index (χ1v) is 6.36. The minimum Gasteiger partial charge on any atom is -0.452 e. The Hall–Kier alpha value is -2.25.